The Hall–Kier alpha value is -1.09. The van der Waals surface area contributed by atoms with Gasteiger partial charge in [-0.2, -0.15) is 0 Å². The fraction of sp³-hybridized carbons (Fsp3) is 0.583. The van der Waals surface area contributed by atoms with E-state index in [2.05, 4.69) is 14.6 Å². The Bertz CT molecular complexity index is 571. The van der Waals surface area contributed by atoms with Crippen LogP contribution < -0.4 is 10.5 Å². The van der Waals surface area contributed by atoms with E-state index in [-0.39, 0.29) is 11.4 Å². The molecule has 8 heteroatoms. The molecule has 6 nitrogen and oxygen atoms in total. The molecule has 0 unspecified atom stereocenters. The summed E-state index contributed by atoms with van der Waals surface area (Å²) in [5.74, 6) is -0.682. The van der Waals surface area contributed by atoms with E-state index in [4.69, 9.17) is 5.73 Å². The number of likely N-dealkylation sites (tertiary alicyclic amines) is 1. The van der Waals surface area contributed by atoms with Crippen LogP contribution in [0.5, 0.6) is 0 Å². The quantitative estimate of drug-likeness (QED) is 0.812. The summed E-state index contributed by atoms with van der Waals surface area (Å²) in [5, 5.41) is 0. The number of hydrogen-bond donors (Lipinski definition) is 2. The lowest BCUT2D eigenvalue weighted by Crippen LogP contribution is -2.58. The topological polar surface area (TPSA) is 88.3 Å². The zero-order chi connectivity index (χ0) is 14.8. The second-order valence-corrected chi connectivity index (χ2v) is 6.91. The SMILES string of the molecule is CN1CCC(CN)(NS(=O)(=O)c2cncc(F)c2)CC1. The fourth-order valence-corrected chi connectivity index (χ4v) is 3.72. The average molecular weight is 302 g/mol. The van der Waals surface area contributed by atoms with Gasteiger partial charge < -0.3 is 10.6 Å². The van der Waals surface area contributed by atoms with Gasteiger partial charge in [0.05, 0.1) is 6.20 Å². The number of halogens is 1. The van der Waals surface area contributed by atoms with Crippen molar-refractivity contribution in [2.45, 2.75) is 23.3 Å². The Morgan fingerprint density at radius 1 is 1.45 bits per heavy atom. The van der Waals surface area contributed by atoms with Gasteiger partial charge in [-0.3, -0.25) is 4.98 Å². The first kappa shape index (κ1) is 15.3. The van der Waals surface area contributed by atoms with E-state index in [9.17, 15) is 12.8 Å². The van der Waals surface area contributed by atoms with E-state index < -0.39 is 21.4 Å². The predicted octanol–water partition coefficient (Wildman–Crippen LogP) is -0.0779. The Labute approximate surface area is 118 Å². The van der Waals surface area contributed by atoms with Gasteiger partial charge in [0.1, 0.15) is 10.7 Å². The van der Waals surface area contributed by atoms with Gasteiger partial charge in [-0.05, 0) is 39.0 Å². The summed E-state index contributed by atoms with van der Waals surface area (Å²) in [6.45, 7) is 1.74. The number of nitrogens with two attached hydrogens (primary N) is 1. The summed E-state index contributed by atoms with van der Waals surface area (Å²) in [4.78, 5) is 5.51. The highest BCUT2D eigenvalue weighted by Crippen LogP contribution is 2.23. The first-order valence-corrected chi connectivity index (χ1v) is 7.88. The maximum absolute atomic E-state index is 13.1. The van der Waals surface area contributed by atoms with Crippen LogP contribution in [0.25, 0.3) is 0 Å². The normalized spacial score (nSPS) is 19.9. The van der Waals surface area contributed by atoms with Crippen molar-refractivity contribution in [1.82, 2.24) is 14.6 Å². The van der Waals surface area contributed by atoms with Crippen molar-refractivity contribution >= 4 is 10.0 Å². The standard InChI is InChI=1S/C12H19FN4O2S/c1-17-4-2-12(9-14,3-5-17)16-20(18,19)11-6-10(13)7-15-8-11/h6-8,16H,2-5,9,14H2,1H3. The lowest BCUT2D eigenvalue weighted by Gasteiger charge is -2.40. The van der Waals surface area contributed by atoms with Crippen molar-refractivity contribution in [3.8, 4) is 0 Å². The highest BCUT2D eigenvalue weighted by Gasteiger charge is 2.36. The van der Waals surface area contributed by atoms with Crippen LogP contribution in [-0.2, 0) is 10.0 Å². The number of nitrogens with one attached hydrogen (secondary N) is 1. The van der Waals surface area contributed by atoms with E-state index in [1.54, 1.807) is 0 Å². The minimum absolute atomic E-state index is 0.177. The van der Waals surface area contributed by atoms with Crippen LogP contribution in [0.1, 0.15) is 12.8 Å². The molecule has 0 atom stereocenters. The third kappa shape index (κ3) is 3.32. The molecule has 1 aromatic heterocycles. The van der Waals surface area contributed by atoms with Gasteiger partial charge >= 0.3 is 0 Å². The summed E-state index contributed by atoms with van der Waals surface area (Å²) >= 11 is 0. The lowest BCUT2D eigenvalue weighted by molar-refractivity contribution is 0.182. The summed E-state index contributed by atoms with van der Waals surface area (Å²) < 4.78 is 40.4. The molecule has 0 radical (unpaired) electrons. The molecule has 0 aromatic carbocycles. The van der Waals surface area contributed by atoms with Gasteiger partial charge in [-0.15, -0.1) is 0 Å². The maximum Gasteiger partial charge on any atom is 0.242 e. The number of piperidine rings is 1. The van der Waals surface area contributed by atoms with Crippen molar-refractivity contribution in [2.24, 2.45) is 5.73 Å². The van der Waals surface area contributed by atoms with Crippen LogP contribution in [0.15, 0.2) is 23.4 Å². The second kappa shape index (κ2) is 5.72. The smallest absolute Gasteiger partial charge is 0.242 e. The van der Waals surface area contributed by atoms with E-state index >= 15 is 0 Å². The van der Waals surface area contributed by atoms with E-state index in [0.29, 0.717) is 12.8 Å². The molecular formula is C12H19FN4O2S. The molecule has 20 heavy (non-hydrogen) atoms. The molecule has 0 aliphatic carbocycles. The van der Waals surface area contributed by atoms with Gasteiger partial charge in [0.15, 0.2) is 0 Å². The maximum atomic E-state index is 13.1. The molecule has 112 valence electrons. The zero-order valence-corrected chi connectivity index (χ0v) is 12.2. The minimum Gasteiger partial charge on any atom is -0.329 e. The van der Waals surface area contributed by atoms with Gasteiger partial charge in [-0.25, -0.2) is 17.5 Å². The van der Waals surface area contributed by atoms with Crippen molar-refractivity contribution in [2.75, 3.05) is 26.7 Å². The van der Waals surface area contributed by atoms with Crippen molar-refractivity contribution < 1.29 is 12.8 Å². The zero-order valence-electron chi connectivity index (χ0n) is 11.3. The predicted molar refractivity (Wildman–Crippen MR) is 73.0 cm³/mol. The third-order valence-corrected chi connectivity index (χ3v) is 5.22. The first-order valence-electron chi connectivity index (χ1n) is 6.40. The van der Waals surface area contributed by atoms with Crippen molar-refractivity contribution in [3.63, 3.8) is 0 Å². The minimum atomic E-state index is -3.82. The summed E-state index contributed by atoms with van der Waals surface area (Å²) in [5.41, 5.74) is 5.09. The summed E-state index contributed by atoms with van der Waals surface area (Å²) in [6, 6.07) is 0.953. The van der Waals surface area contributed by atoms with E-state index in [0.717, 1.165) is 31.5 Å². The van der Waals surface area contributed by atoms with Crippen LogP contribution in [-0.4, -0.2) is 50.5 Å². The number of nitrogens with zero attached hydrogens (tertiary/aromatic N) is 2. The molecule has 0 saturated carbocycles. The summed E-state index contributed by atoms with van der Waals surface area (Å²) in [6.07, 6.45) is 3.35. The molecule has 1 fully saturated rings. The molecule has 2 heterocycles. The fourth-order valence-electron chi connectivity index (χ4n) is 2.28. The van der Waals surface area contributed by atoms with E-state index in [1.807, 2.05) is 7.05 Å². The number of hydrogen-bond acceptors (Lipinski definition) is 5. The van der Waals surface area contributed by atoms with Crippen molar-refractivity contribution in [1.29, 1.82) is 0 Å². The van der Waals surface area contributed by atoms with Gasteiger partial charge in [0, 0.05) is 18.3 Å². The Morgan fingerprint density at radius 2 is 2.10 bits per heavy atom. The summed E-state index contributed by atoms with van der Waals surface area (Å²) in [7, 11) is -1.84. The van der Waals surface area contributed by atoms with Crippen LogP contribution in [0.2, 0.25) is 0 Å². The average Bonchev–Trinajstić information content (AvgIpc) is 2.41. The largest absolute Gasteiger partial charge is 0.329 e. The van der Waals surface area contributed by atoms with Gasteiger partial charge in [-0.1, -0.05) is 0 Å². The third-order valence-electron chi connectivity index (χ3n) is 3.68. The molecule has 0 spiro atoms. The van der Waals surface area contributed by atoms with Crippen molar-refractivity contribution in [3.05, 3.63) is 24.3 Å². The highest BCUT2D eigenvalue weighted by atomic mass is 32.2. The molecular weight excluding hydrogens is 283 g/mol. The highest BCUT2D eigenvalue weighted by molar-refractivity contribution is 7.89. The Balaban J connectivity index is 2.22. The lowest BCUT2D eigenvalue weighted by atomic mass is 9.89. The molecule has 1 aliphatic heterocycles. The molecule has 0 bridgehead atoms. The van der Waals surface area contributed by atoms with Crippen LogP contribution >= 0.6 is 0 Å². The number of pyridine rings is 1. The van der Waals surface area contributed by atoms with Crippen LogP contribution in [0.3, 0.4) is 0 Å². The van der Waals surface area contributed by atoms with Crippen LogP contribution in [0, 0.1) is 5.82 Å². The van der Waals surface area contributed by atoms with Gasteiger partial charge in [0.2, 0.25) is 10.0 Å². The van der Waals surface area contributed by atoms with Gasteiger partial charge in [0.25, 0.3) is 0 Å². The molecule has 1 saturated heterocycles. The monoisotopic (exact) mass is 302 g/mol. The molecule has 1 aliphatic rings. The first-order chi connectivity index (χ1) is 9.37. The Kier molecular flexibility index (Phi) is 4.38. The van der Waals surface area contributed by atoms with Crippen LogP contribution in [0.4, 0.5) is 4.39 Å². The number of rotatable bonds is 4. The second-order valence-electron chi connectivity index (χ2n) is 5.23. The molecule has 2 rings (SSSR count). The number of sulfonamides is 1. The number of aromatic nitrogens is 1. The molecule has 3 N–H and O–H groups in total. The van der Waals surface area contributed by atoms with E-state index in [1.165, 1.54) is 0 Å². The Morgan fingerprint density at radius 3 is 2.65 bits per heavy atom. The molecule has 1 aromatic rings. The molecule has 0 amide bonds.